The van der Waals surface area contributed by atoms with E-state index in [4.69, 9.17) is 9.47 Å². The first-order valence-corrected chi connectivity index (χ1v) is 11.0. The maximum Gasteiger partial charge on any atom is 0.410 e. The van der Waals surface area contributed by atoms with Gasteiger partial charge in [0.05, 0.1) is 5.41 Å². The molecule has 7 heteroatoms. The maximum absolute atomic E-state index is 15.4. The van der Waals surface area contributed by atoms with Gasteiger partial charge in [-0.15, -0.1) is 0 Å². The summed E-state index contributed by atoms with van der Waals surface area (Å²) in [5.41, 5.74) is -0.307. The Morgan fingerprint density at radius 1 is 1.19 bits per heavy atom. The number of amides is 1. The molecule has 0 unspecified atom stereocenters. The third-order valence-corrected chi connectivity index (χ3v) is 5.75. The third-order valence-electron chi connectivity index (χ3n) is 5.75. The van der Waals surface area contributed by atoms with Crippen LogP contribution in [0.15, 0.2) is 12.1 Å². The van der Waals surface area contributed by atoms with Crippen LogP contribution in [0.1, 0.15) is 58.6 Å². The first-order chi connectivity index (χ1) is 14.4. The molecule has 1 aromatic carbocycles. The lowest BCUT2D eigenvalue weighted by atomic mass is 9.68. The summed E-state index contributed by atoms with van der Waals surface area (Å²) in [6.07, 6.45) is 0.922. The highest BCUT2D eigenvalue weighted by Gasteiger charge is 2.45. The van der Waals surface area contributed by atoms with E-state index in [9.17, 15) is 9.59 Å². The number of benzene rings is 1. The molecule has 174 valence electrons. The second-order valence-electron chi connectivity index (χ2n) is 9.55. The summed E-state index contributed by atoms with van der Waals surface area (Å²) in [6.45, 7) is 10.8. The topological polar surface area (TPSA) is 59.1 Å². The van der Waals surface area contributed by atoms with Crippen LogP contribution < -0.4 is 4.74 Å². The molecule has 1 aliphatic heterocycles. The van der Waals surface area contributed by atoms with Crippen LogP contribution in [0, 0.1) is 5.82 Å². The number of aryl methyl sites for hydroxylation is 1. The summed E-state index contributed by atoms with van der Waals surface area (Å²) in [7, 11) is 3.90. The van der Waals surface area contributed by atoms with E-state index in [0.29, 0.717) is 50.3 Å². The van der Waals surface area contributed by atoms with Crippen molar-refractivity contribution in [3.05, 3.63) is 29.1 Å². The van der Waals surface area contributed by atoms with Crippen LogP contribution in [0.4, 0.5) is 9.18 Å². The zero-order valence-corrected chi connectivity index (χ0v) is 20.0. The van der Waals surface area contributed by atoms with Crippen molar-refractivity contribution in [1.29, 1.82) is 0 Å². The predicted molar refractivity (Wildman–Crippen MR) is 119 cm³/mol. The van der Waals surface area contributed by atoms with Gasteiger partial charge in [0.15, 0.2) is 0 Å². The minimum atomic E-state index is -0.948. The van der Waals surface area contributed by atoms with E-state index < -0.39 is 22.9 Å². The molecule has 1 fully saturated rings. The van der Waals surface area contributed by atoms with Crippen molar-refractivity contribution in [2.75, 3.05) is 40.3 Å². The molecular formula is C24H37FN2O4. The molecule has 0 saturated carbocycles. The van der Waals surface area contributed by atoms with E-state index in [0.717, 1.165) is 12.1 Å². The molecule has 0 spiro atoms. The molecule has 1 amide bonds. The van der Waals surface area contributed by atoms with Crippen molar-refractivity contribution in [3.63, 3.8) is 0 Å². The smallest absolute Gasteiger partial charge is 0.410 e. The Labute approximate surface area is 185 Å². The number of piperidine rings is 1. The summed E-state index contributed by atoms with van der Waals surface area (Å²) in [5.74, 6) is -0.0174. The van der Waals surface area contributed by atoms with Crippen LogP contribution >= 0.6 is 0 Å². The number of likely N-dealkylation sites (N-methyl/N-ethyl adjacent to an activating group) is 1. The van der Waals surface area contributed by atoms with Gasteiger partial charge in [-0.3, -0.25) is 4.79 Å². The summed E-state index contributed by atoms with van der Waals surface area (Å²) < 4.78 is 26.6. The van der Waals surface area contributed by atoms with Crippen molar-refractivity contribution in [2.45, 2.75) is 64.9 Å². The Morgan fingerprint density at radius 2 is 1.81 bits per heavy atom. The van der Waals surface area contributed by atoms with E-state index in [1.54, 1.807) is 4.90 Å². The fraction of sp³-hybridized carbons (Fsp3) is 0.667. The Hall–Kier alpha value is -2.15. The van der Waals surface area contributed by atoms with Crippen molar-refractivity contribution in [1.82, 2.24) is 9.80 Å². The average Bonchev–Trinajstić information content (AvgIpc) is 2.65. The van der Waals surface area contributed by atoms with Gasteiger partial charge in [-0.1, -0.05) is 6.92 Å². The van der Waals surface area contributed by atoms with Gasteiger partial charge >= 0.3 is 6.09 Å². The number of nitrogens with zero attached hydrogens (tertiary/aromatic N) is 2. The van der Waals surface area contributed by atoms with Crippen molar-refractivity contribution in [3.8, 4) is 5.75 Å². The van der Waals surface area contributed by atoms with Crippen LogP contribution in [-0.2, 0) is 21.4 Å². The van der Waals surface area contributed by atoms with Gasteiger partial charge in [0.2, 0.25) is 0 Å². The Kier molecular flexibility index (Phi) is 8.09. The highest BCUT2D eigenvalue weighted by atomic mass is 19.1. The summed E-state index contributed by atoms with van der Waals surface area (Å²) in [4.78, 5) is 28.9. The molecule has 0 radical (unpaired) electrons. The number of halogens is 1. The third kappa shape index (κ3) is 6.19. The minimum Gasteiger partial charge on any atom is -0.492 e. The Balaban J connectivity index is 2.29. The van der Waals surface area contributed by atoms with Gasteiger partial charge in [0, 0.05) is 31.3 Å². The fourth-order valence-electron chi connectivity index (χ4n) is 4.06. The molecule has 0 aromatic heterocycles. The van der Waals surface area contributed by atoms with E-state index in [1.165, 1.54) is 13.0 Å². The minimum absolute atomic E-state index is 0.0776. The lowest BCUT2D eigenvalue weighted by Gasteiger charge is -2.41. The molecule has 0 bridgehead atoms. The number of rotatable bonds is 7. The van der Waals surface area contributed by atoms with Gasteiger partial charge in [0.1, 0.15) is 29.6 Å². The van der Waals surface area contributed by atoms with E-state index in [-0.39, 0.29) is 5.78 Å². The van der Waals surface area contributed by atoms with Gasteiger partial charge < -0.3 is 19.3 Å². The van der Waals surface area contributed by atoms with Gasteiger partial charge in [-0.2, -0.15) is 0 Å². The molecule has 6 nitrogen and oxygen atoms in total. The van der Waals surface area contributed by atoms with E-state index in [2.05, 4.69) is 0 Å². The number of carbonyl (C=O) groups excluding carboxylic acids is 2. The first kappa shape index (κ1) is 25.1. The molecule has 1 aliphatic rings. The average molecular weight is 437 g/mol. The van der Waals surface area contributed by atoms with Gasteiger partial charge in [-0.25, -0.2) is 9.18 Å². The quantitative estimate of drug-likeness (QED) is 0.642. The first-order valence-electron chi connectivity index (χ1n) is 11.0. The second kappa shape index (κ2) is 9.98. The number of carbonyl (C=O) groups is 2. The molecule has 2 rings (SSSR count). The molecule has 1 aromatic rings. The normalized spacial score (nSPS) is 16.4. The zero-order chi connectivity index (χ0) is 23.4. The standard InChI is InChI=1S/C24H37FN2O4/c1-8-18-15-19(30-14-13-26(6)7)16-20(25)21(18)24(17(2)28)9-11-27(12-10-24)22(29)31-23(3,4)5/h15-16H,8-14H2,1-7H3. The fourth-order valence-corrected chi connectivity index (χ4v) is 4.06. The van der Waals surface area contributed by atoms with Crippen molar-refractivity contribution < 1.29 is 23.5 Å². The molecule has 1 saturated heterocycles. The van der Waals surface area contributed by atoms with Crippen LogP contribution in [0.3, 0.4) is 0 Å². The van der Waals surface area contributed by atoms with Crippen LogP contribution in [0.2, 0.25) is 0 Å². The van der Waals surface area contributed by atoms with Crippen molar-refractivity contribution in [2.24, 2.45) is 0 Å². The number of likely N-dealkylation sites (tertiary alicyclic amines) is 1. The molecular weight excluding hydrogens is 399 g/mol. The Morgan fingerprint density at radius 3 is 2.29 bits per heavy atom. The lowest BCUT2D eigenvalue weighted by Crippen LogP contribution is -2.50. The summed E-state index contributed by atoms with van der Waals surface area (Å²) in [6, 6.07) is 3.23. The largest absolute Gasteiger partial charge is 0.492 e. The predicted octanol–water partition coefficient (Wildman–Crippen LogP) is 4.19. The van der Waals surface area contributed by atoms with E-state index in [1.807, 2.05) is 52.8 Å². The SMILES string of the molecule is CCc1cc(OCCN(C)C)cc(F)c1C1(C(C)=O)CCN(C(=O)OC(C)(C)C)CC1. The number of hydrogen-bond donors (Lipinski definition) is 0. The summed E-state index contributed by atoms with van der Waals surface area (Å²) >= 11 is 0. The number of hydrogen-bond acceptors (Lipinski definition) is 5. The molecule has 0 aliphatic carbocycles. The summed E-state index contributed by atoms with van der Waals surface area (Å²) in [5, 5.41) is 0. The van der Waals surface area contributed by atoms with Gasteiger partial charge in [-0.05, 0) is 72.7 Å². The molecule has 0 atom stereocenters. The van der Waals surface area contributed by atoms with Crippen LogP contribution in [0.25, 0.3) is 0 Å². The molecule has 31 heavy (non-hydrogen) atoms. The highest BCUT2D eigenvalue weighted by Crippen LogP contribution is 2.41. The van der Waals surface area contributed by atoms with Crippen LogP contribution in [-0.4, -0.2) is 67.6 Å². The Bertz CT molecular complexity index is 794. The highest BCUT2D eigenvalue weighted by molar-refractivity contribution is 5.89. The molecule has 1 heterocycles. The number of ether oxygens (including phenoxy) is 2. The van der Waals surface area contributed by atoms with E-state index >= 15 is 4.39 Å². The zero-order valence-electron chi connectivity index (χ0n) is 20.0. The maximum atomic E-state index is 15.4. The monoisotopic (exact) mass is 436 g/mol. The number of Topliss-reactive ketones (excluding diaryl/α,β-unsaturated/α-hetero) is 1. The lowest BCUT2D eigenvalue weighted by molar-refractivity contribution is -0.124. The molecule has 0 N–H and O–H groups in total. The number of ketones is 1. The van der Waals surface area contributed by atoms with Crippen LogP contribution in [0.5, 0.6) is 5.75 Å². The van der Waals surface area contributed by atoms with Crippen molar-refractivity contribution >= 4 is 11.9 Å². The second-order valence-corrected chi connectivity index (χ2v) is 9.55. The van der Waals surface area contributed by atoms with Gasteiger partial charge in [0.25, 0.3) is 0 Å².